The Labute approximate surface area is 78.3 Å². The molecule has 0 saturated heterocycles. The van der Waals surface area contributed by atoms with Gasteiger partial charge in [0.15, 0.2) is 0 Å². The van der Waals surface area contributed by atoms with Crippen LogP contribution in [0, 0.1) is 11.8 Å². The first kappa shape index (κ1) is 11.6. The van der Waals surface area contributed by atoms with E-state index in [-0.39, 0.29) is 23.4 Å². The summed E-state index contributed by atoms with van der Waals surface area (Å²) in [5.74, 6) is 0.180. The normalized spacial score (nSPS) is 29.3. The van der Waals surface area contributed by atoms with Crippen LogP contribution in [0.25, 0.3) is 0 Å². The highest BCUT2D eigenvalue weighted by molar-refractivity contribution is 6.15. The van der Waals surface area contributed by atoms with Crippen LogP contribution >= 0.6 is 11.6 Å². The zero-order valence-corrected chi connectivity index (χ0v) is 8.52. The standard InChI is InChI=1S/C8H12O2.CH3Cl/c1-5-3-7(9)6(2)8(10)4-5;1-2/h5-6H,3-4H2,1-2H3;1H3. The quantitative estimate of drug-likeness (QED) is 0.433. The van der Waals surface area contributed by atoms with E-state index in [1.165, 1.54) is 6.38 Å². The van der Waals surface area contributed by atoms with Gasteiger partial charge in [0.2, 0.25) is 0 Å². The summed E-state index contributed by atoms with van der Waals surface area (Å²) in [6.45, 7) is 3.65. The first-order valence-electron chi connectivity index (χ1n) is 4.04. The molecule has 2 nitrogen and oxygen atoms in total. The van der Waals surface area contributed by atoms with Gasteiger partial charge in [-0.05, 0) is 12.8 Å². The van der Waals surface area contributed by atoms with Crippen LogP contribution in [0.5, 0.6) is 0 Å². The van der Waals surface area contributed by atoms with Crippen LogP contribution in [0.2, 0.25) is 0 Å². The van der Waals surface area contributed by atoms with E-state index in [9.17, 15) is 9.59 Å². The molecule has 1 fully saturated rings. The maximum absolute atomic E-state index is 11.0. The van der Waals surface area contributed by atoms with Gasteiger partial charge in [0.25, 0.3) is 0 Å². The Morgan fingerprint density at radius 3 is 1.75 bits per heavy atom. The van der Waals surface area contributed by atoms with Gasteiger partial charge in [-0.3, -0.25) is 9.59 Å². The summed E-state index contributed by atoms with van der Waals surface area (Å²) in [6.07, 6.45) is 2.65. The van der Waals surface area contributed by atoms with Gasteiger partial charge in [0, 0.05) is 19.2 Å². The largest absolute Gasteiger partial charge is 0.299 e. The molecule has 0 unspecified atom stereocenters. The van der Waals surface area contributed by atoms with E-state index in [1.54, 1.807) is 6.92 Å². The average molecular weight is 191 g/mol. The molecule has 0 aromatic rings. The maximum atomic E-state index is 11.0. The number of carbonyl (C=O) groups is 2. The van der Waals surface area contributed by atoms with Gasteiger partial charge >= 0.3 is 0 Å². The van der Waals surface area contributed by atoms with E-state index in [0.29, 0.717) is 12.8 Å². The number of hydrogen-bond donors (Lipinski definition) is 0. The third kappa shape index (κ3) is 2.94. The van der Waals surface area contributed by atoms with Crippen molar-refractivity contribution in [1.82, 2.24) is 0 Å². The summed E-state index contributed by atoms with van der Waals surface area (Å²) in [5, 5.41) is 0. The Kier molecular flexibility index (Phi) is 5.14. The van der Waals surface area contributed by atoms with Gasteiger partial charge in [-0.15, -0.1) is 11.6 Å². The first-order valence-corrected chi connectivity index (χ1v) is 4.80. The van der Waals surface area contributed by atoms with Gasteiger partial charge in [0.05, 0.1) is 5.92 Å². The SMILES string of the molecule is CC1CC(=O)C(C)C(=O)C1.CCl. The molecule has 1 aliphatic carbocycles. The van der Waals surface area contributed by atoms with Crippen LogP contribution in [-0.2, 0) is 9.59 Å². The highest BCUT2D eigenvalue weighted by Crippen LogP contribution is 2.21. The van der Waals surface area contributed by atoms with Crippen molar-refractivity contribution in [2.45, 2.75) is 26.7 Å². The molecule has 0 N–H and O–H groups in total. The number of halogens is 1. The molecule has 3 heteroatoms. The predicted octanol–water partition coefficient (Wildman–Crippen LogP) is 2.05. The molecule has 0 amide bonds. The summed E-state index contributed by atoms with van der Waals surface area (Å²) in [4.78, 5) is 22.0. The van der Waals surface area contributed by atoms with Gasteiger partial charge in [-0.1, -0.05) is 6.92 Å². The molecule has 1 saturated carbocycles. The van der Waals surface area contributed by atoms with Gasteiger partial charge in [-0.25, -0.2) is 0 Å². The fourth-order valence-corrected chi connectivity index (χ4v) is 1.29. The van der Waals surface area contributed by atoms with Crippen molar-refractivity contribution in [3.8, 4) is 0 Å². The number of alkyl halides is 1. The molecule has 0 spiro atoms. The summed E-state index contributed by atoms with van der Waals surface area (Å²) in [7, 11) is 0. The Hall–Kier alpha value is -0.370. The summed E-state index contributed by atoms with van der Waals surface area (Å²) >= 11 is 4.64. The molecule has 0 bridgehead atoms. The number of Topliss-reactive ketones (excluding diaryl/α,β-unsaturated/α-hetero) is 2. The molecule has 0 heterocycles. The zero-order chi connectivity index (χ0) is 9.72. The third-order valence-electron chi connectivity index (χ3n) is 2.07. The maximum Gasteiger partial charge on any atom is 0.143 e. The van der Waals surface area contributed by atoms with Crippen LogP contribution in [0.15, 0.2) is 0 Å². The van der Waals surface area contributed by atoms with Crippen molar-refractivity contribution < 1.29 is 9.59 Å². The minimum absolute atomic E-state index is 0.115. The second-order valence-electron chi connectivity index (χ2n) is 3.17. The van der Waals surface area contributed by atoms with E-state index in [4.69, 9.17) is 0 Å². The first-order chi connectivity index (χ1) is 5.61. The molecule has 0 aliphatic heterocycles. The van der Waals surface area contributed by atoms with Crippen LogP contribution < -0.4 is 0 Å². The van der Waals surface area contributed by atoms with Gasteiger partial charge < -0.3 is 0 Å². The molecule has 0 aromatic carbocycles. The molecule has 0 aromatic heterocycles. The number of ketones is 2. The lowest BCUT2D eigenvalue weighted by Gasteiger charge is -2.20. The minimum Gasteiger partial charge on any atom is -0.299 e. The Balaban J connectivity index is 0.000000561. The van der Waals surface area contributed by atoms with Crippen LogP contribution in [0.3, 0.4) is 0 Å². The zero-order valence-electron chi connectivity index (χ0n) is 7.76. The smallest absolute Gasteiger partial charge is 0.143 e. The van der Waals surface area contributed by atoms with Crippen molar-refractivity contribution in [2.24, 2.45) is 11.8 Å². The Morgan fingerprint density at radius 2 is 1.42 bits per heavy atom. The second-order valence-corrected chi connectivity index (χ2v) is 3.17. The van der Waals surface area contributed by atoms with E-state index in [2.05, 4.69) is 11.6 Å². The van der Waals surface area contributed by atoms with E-state index < -0.39 is 0 Å². The third-order valence-corrected chi connectivity index (χ3v) is 2.07. The number of hydrogen-bond acceptors (Lipinski definition) is 2. The fourth-order valence-electron chi connectivity index (χ4n) is 1.29. The van der Waals surface area contributed by atoms with Crippen LogP contribution in [0.4, 0.5) is 0 Å². The van der Waals surface area contributed by atoms with E-state index >= 15 is 0 Å². The van der Waals surface area contributed by atoms with E-state index in [1.807, 2.05) is 6.92 Å². The van der Waals surface area contributed by atoms with Crippen molar-refractivity contribution in [3.05, 3.63) is 0 Å². The lowest BCUT2D eigenvalue weighted by Crippen LogP contribution is -2.29. The molecular weight excluding hydrogens is 176 g/mol. The van der Waals surface area contributed by atoms with Crippen molar-refractivity contribution in [3.63, 3.8) is 0 Å². The van der Waals surface area contributed by atoms with Crippen molar-refractivity contribution in [1.29, 1.82) is 0 Å². The number of carbonyl (C=O) groups excluding carboxylic acids is 2. The van der Waals surface area contributed by atoms with Gasteiger partial charge in [-0.2, -0.15) is 0 Å². The summed E-state index contributed by atoms with van der Waals surface area (Å²) < 4.78 is 0. The second kappa shape index (κ2) is 5.31. The Bertz CT molecular complexity index is 159. The fraction of sp³-hybridized carbons (Fsp3) is 0.778. The summed E-state index contributed by atoms with van der Waals surface area (Å²) in [6, 6.07) is 0. The molecule has 0 radical (unpaired) electrons. The Morgan fingerprint density at radius 1 is 1.08 bits per heavy atom. The van der Waals surface area contributed by atoms with Crippen LogP contribution in [0.1, 0.15) is 26.7 Å². The predicted molar refractivity (Wildman–Crippen MR) is 49.4 cm³/mol. The molecule has 1 aliphatic rings. The summed E-state index contributed by atoms with van der Waals surface area (Å²) in [5.41, 5.74) is 0. The number of rotatable bonds is 0. The van der Waals surface area contributed by atoms with Crippen molar-refractivity contribution in [2.75, 3.05) is 6.38 Å². The molecule has 1 rings (SSSR count). The molecular formula is C9H15ClO2. The minimum atomic E-state index is -0.323. The molecule has 0 atom stereocenters. The van der Waals surface area contributed by atoms with Crippen LogP contribution in [-0.4, -0.2) is 17.9 Å². The molecule has 12 heavy (non-hydrogen) atoms. The van der Waals surface area contributed by atoms with Gasteiger partial charge in [0.1, 0.15) is 11.6 Å². The van der Waals surface area contributed by atoms with Crippen molar-refractivity contribution >= 4 is 23.2 Å². The highest BCUT2D eigenvalue weighted by Gasteiger charge is 2.29. The van der Waals surface area contributed by atoms with E-state index in [0.717, 1.165) is 0 Å². The highest BCUT2D eigenvalue weighted by atomic mass is 35.5. The molecule has 70 valence electrons. The lowest BCUT2D eigenvalue weighted by molar-refractivity contribution is -0.136. The topological polar surface area (TPSA) is 34.1 Å². The monoisotopic (exact) mass is 190 g/mol. The lowest BCUT2D eigenvalue weighted by atomic mass is 9.82. The average Bonchev–Trinajstić information content (AvgIpc) is 2.04.